The molecule has 0 aromatic heterocycles. The van der Waals surface area contributed by atoms with Crippen molar-refractivity contribution in [3.8, 4) is 0 Å². The van der Waals surface area contributed by atoms with Crippen LogP contribution in [0.2, 0.25) is 0 Å². The Bertz CT molecular complexity index is 254. The average molecular weight is 278 g/mol. The minimum absolute atomic E-state index is 0. The Morgan fingerprint density at radius 1 is 1.33 bits per heavy atom. The summed E-state index contributed by atoms with van der Waals surface area (Å²) in [7, 11) is 2.06. The zero-order valence-electron chi connectivity index (χ0n) is 11.1. The number of ether oxygens (including phenoxy) is 1. The van der Waals surface area contributed by atoms with Crippen molar-refractivity contribution in [2.75, 3.05) is 53.0 Å². The first kappa shape index (κ1) is 15.7. The Balaban J connectivity index is 0.00000162. The minimum Gasteiger partial charge on any atom is -0.378 e. The van der Waals surface area contributed by atoms with Crippen molar-refractivity contribution in [1.29, 1.82) is 0 Å². The van der Waals surface area contributed by atoms with Crippen molar-refractivity contribution < 1.29 is 9.53 Å². The van der Waals surface area contributed by atoms with Crippen molar-refractivity contribution in [3.05, 3.63) is 0 Å². The van der Waals surface area contributed by atoms with E-state index in [-0.39, 0.29) is 18.3 Å². The molecule has 1 N–H and O–H groups in total. The van der Waals surface area contributed by atoms with Crippen molar-refractivity contribution >= 4 is 18.3 Å². The third kappa shape index (κ3) is 4.39. The van der Waals surface area contributed by atoms with Crippen molar-refractivity contribution in [2.24, 2.45) is 0 Å². The molecule has 0 aromatic rings. The van der Waals surface area contributed by atoms with Crippen LogP contribution in [0, 0.1) is 0 Å². The second-order valence-electron chi connectivity index (χ2n) is 4.89. The highest BCUT2D eigenvalue weighted by Crippen LogP contribution is 2.10. The molecule has 2 rings (SSSR count). The van der Waals surface area contributed by atoms with Gasteiger partial charge in [-0.1, -0.05) is 0 Å². The molecule has 6 heteroatoms. The molecule has 0 unspecified atom stereocenters. The standard InChI is InChI=1S/C12H23N3O2.ClH/c1-14(11-2-4-13-5-3-11)10-12(16)15-6-8-17-9-7-15;/h11,13H,2-10H2,1H3;1H. The van der Waals surface area contributed by atoms with Gasteiger partial charge in [0.2, 0.25) is 5.91 Å². The molecule has 0 aliphatic carbocycles. The number of hydrogen-bond acceptors (Lipinski definition) is 4. The number of amides is 1. The summed E-state index contributed by atoms with van der Waals surface area (Å²) in [5.41, 5.74) is 0. The van der Waals surface area contributed by atoms with Gasteiger partial charge in [0.15, 0.2) is 0 Å². The lowest BCUT2D eigenvalue weighted by Gasteiger charge is -2.33. The second kappa shape index (κ2) is 7.94. The molecule has 2 aliphatic rings. The van der Waals surface area contributed by atoms with Gasteiger partial charge in [0, 0.05) is 19.1 Å². The summed E-state index contributed by atoms with van der Waals surface area (Å²) < 4.78 is 5.26. The Morgan fingerprint density at radius 3 is 2.56 bits per heavy atom. The highest BCUT2D eigenvalue weighted by atomic mass is 35.5. The monoisotopic (exact) mass is 277 g/mol. The normalized spacial score (nSPS) is 21.8. The van der Waals surface area contributed by atoms with Gasteiger partial charge in [-0.15, -0.1) is 12.4 Å². The molecule has 2 saturated heterocycles. The summed E-state index contributed by atoms with van der Waals surface area (Å²) in [5.74, 6) is 0.245. The van der Waals surface area contributed by atoms with Gasteiger partial charge in [0.1, 0.15) is 0 Å². The van der Waals surface area contributed by atoms with Crippen LogP contribution in [0.15, 0.2) is 0 Å². The summed E-state index contributed by atoms with van der Waals surface area (Å²) in [6.07, 6.45) is 2.29. The largest absolute Gasteiger partial charge is 0.378 e. The fraction of sp³-hybridized carbons (Fsp3) is 0.917. The smallest absolute Gasteiger partial charge is 0.236 e. The van der Waals surface area contributed by atoms with Gasteiger partial charge >= 0.3 is 0 Å². The van der Waals surface area contributed by atoms with Crippen LogP contribution < -0.4 is 5.32 Å². The summed E-state index contributed by atoms with van der Waals surface area (Å²) in [6.45, 7) is 5.55. The fourth-order valence-corrected chi connectivity index (χ4v) is 2.50. The molecule has 0 radical (unpaired) electrons. The van der Waals surface area contributed by atoms with E-state index in [2.05, 4.69) is 17.3 Å². The molecule has 2 aliphatic heterocycles. The van der Waals surface area contributed by atoms with Crippen molar-refractivity contribution in [3.63, 3.8) is 0 Å². The van der Waals surface area contributed by atoms with E-state index in [1.54, 1.807) is 0 Å². The van der Waals surface area contributed by atoms with E-state index in [1.807, 2.05) is 4.90 Å². The molecular formula is C12H24ClN3O2. The Morgan fingerprint density at radius 2 is 1.94 bits per heavy atom. The SMILES string of the molecule is CN(CC(=O)N1CCOCC1)C1CCNCC1.Cl. The molecule has 0 bridgehead atoms. The van der Waals surface area contributed by atoms with Crippen LogP contribution in [0.5, 0.6) is 0 Å². The molecule has 0 atom stereocenters. The van der Waals surface area contributed by atoms with Crippen LogP contribution >= 0.6 is 12.4 Å². The molecule has 2 fully saturated rings. The Hall–Kier alpha value is -0.360. The lowest BCUT2D eigenvalue weighted by atomic mass is 10.1. The van der Waals surface area contributed by atoms with Crippen LogP contribution in [0.1, 0.15) is 12.8 Å². The molecular weight excluding hydrogens is 254 g/mol. The molecule has 2 heterocycles. The van der Waals surface area contributed by atoms with E-state index < -0.39 is 0 Å². The summed E-state index contributed by atoms with van der Waals surface area (Å²) in [4.78, 5) is 16.2. The predicted molar refractivity (Wildman–Crippen MR) is 73.2 cm³/mol. The van der Waals surface area contributed by atoms with E-state index in [0.717, 1.165) is 39.0 Å². The number of nitrogens with one attached hydrogen (secondary N) is 1. The van der Waals surface area contributed by atoms with Gasteiger partial charge in [-0.2, -0.15) is 0 Å². The predicted octanol–water partition coefficient (Wildman–Crippen LogP) is -0.0492. The molecule has 0 spiro atoms. The number of likely N-dealkylation sites (N-methyl/N-ethyl adjacent to an activating group) is 1. The maximum absolute atomic E-state index is 12.1. The van der Waals surface area contributed by atoms with Gasteiger partial charge < -0.3 is 15.0 Å². The number of piperidine rings is 1. The highest BCUT2D eigenvalue weighted by Gasteiger charge is 2.23. The highest BCUT2D eigenvalue weighted by molar-refractivity contribution is 5.85. The molecule has 106 valence electrons. The lowest BCUT2D eigenvalue weighted by Crippen LogP contribution is -2.48. The number of carbonyl (C=O) groups is 1. The van der Waals surface area contributed by atoms with E-state index >= 15 is 0 Å². The minimum atomic E-state index is 0. The molecule has 5 nitrogen and oxygen atoms in total. The first-order valence-electron chi connectivity index (χ1n) is 6.54. The topological polar surface area (TPSA) is 44.8 Å². The lowest BCUT2D eigenvalue weighted by molar-refractivity contribution is -0.136. The van der Waals surface area contributed by atoms with E-state index in [4.69, 9.17) is 4.74 Å². The van der Waals surface area contributed by atoms with E-state index in [0.29, 0.717) is 25.8 Å². The second-order valence-corrected chi connectivity index (χ2v) is 4.89. The number of hydrogen-bond donors (Lipinski definition) is 1. The summed E-state index contributed by atoms with van der Waals surface area (Å²) >= 11 is 0. The maximum Gasteiger partial charge on any atom is 0.236 e. The van der Waals surface area contributed by atoms with Gasteiger partial charge in [-0.25, -0.2) is 0 Å². The van der Waals surface area contributed by atoms with Crippen molar-refractivity contribution in [1.82, 2.24) is 15.1 Å². The Kier molecular flexibility index (Phi) is 6.92. The van der Waals surface area contributed by atoms with E-state index in [1.165, 1.54) is 0 Å². The van der Waals surface area contributed by atoms with Gasteiger partial charge in [0.05, 0.1) is 19.8 Å². The van der Waals surface area contributed by atoms with Gasteiger partial charge in [0.25, 0.3) is 0 Å². The molecule has 0 aromatic carbocycles. The zero-order chi connectivity index (χ0) is 12.1. The number of carbonyl (C=O) groups excluding carboxylic acids is 1. The number of morpholine rings is 1. The summed E-state index contributed by atoms with van der Waals surface area (Å²) in [5, 5.41) is 3.35. The number of rotatable bonds is 3. The van der Waals surface area contributed by atoms with Crippen LogP contribution in [-0.4, -0.2) is 74.7 Å². The third-order valence-electron chi connectivity index (χ3n) is 3.68. The van der Waals surface area contributed by atoms with Crippen LogP contribution in [0.25, 0.3) is 0 Å². The third-order valence-corrected chi connectivity index (χ3v) is 3.68. The van der Waals surface area contributed by atoms with E-state index in [9.17, 15) is 4.79 Å². The quantitative estimate of drug-likeness (QED) is 0.786. The molecule has 18 heavy (non-hydrogen) atoms. The van der Waals surface area contributed by atoms with Crippen molar-refractivity contribution in [2.45, 2.75) is 18.9 Å². The zero-order valence-corrected chi connectivity index (χ0v) is 11.9. The van der Waals surface area contributed by atoms with Gasteiger partial charge in [-0.3, -0.25) is 9.69 Å². The van der Waals surface area contributed by atoms with Crippen LogP contribution in [0.4, 0.5) is 0 Å². The van der Waals surface area contributed by atoms with Crippen LogP contribution in [0.3, 0.4) is 0 Å². The number of halogens is 1. The maximum atomic E-state index is 12.1. The average Bonchev–Trinajstić information content (AvgIpc) is 2.40. The first-order valence-corrected chi connectivity index (χ1v) is 6.54. The first-order chi connectivity index (χ1) is 8.27. The molecule has 1 amide bonds. The molecule has 0 saturated carbocycles. The summed E-state index contributed by atoms with van der Waals surface area (Å²) in [6, 6.07) is 0.557. The Labute approximate surface area is 115 Å². The fourth-order valence-electron chi connectivity index (χ4n) is 2.50. The number of nitrogens with zero attached hydrogens (tertiary/aromatic N) is 2. The van der Waals surface area contributed by atoms with Gasteiger partial charge in [-0.05, 0) is 33.0 Å². The van der Waals surface area contributed by atoms with Crippen LogP contribution in [-0.2, 0) is 9.53 Å².